The summed E-state index contributed by atoms with van der Waals surface area (Å²) in [5.74, 6) is 0.748. The average Bonchev–Trinajstić information content (AvgIpc) is 2.54. The zero-order valence-electron chi connectivity index (χ0n) is 8.33. The van der Waals surface area contributed by atoms with Crippen LogP contribution in [0.3, 0.4) is 0 Å². The number of rotatable bonds is 2. The highest BCUT2D eigenvalue weighted by Crippen LogP contribution is 2.38. The molecule has 0 unspecified atom stereocenters. The second-order valence-corrected chi connectivity index (χ2v) is 4.85. The molecule has 4 heteroatoms. The van der Waals surface area contributed by atoms with Gasteiger partial charge in [0.15, 0.2) is 6.29 Å². The lowest BCUT2D eigenvalue weighted by atomic mass is 10.1. The molecule has 0 atom stereocenters. The van der Waals surface area contributed by atoms with Gasteiger partial charge in [-0.3, -0.25) is 4.79 Å². The second kappa shape index (κ2) is 3.83. The van der Waals surface area contributed by atoms with E-state index in [1.54, 1.807) is 7.11 Å². The van der Waals surface area contributed by atoms with E-state index in [2.05, 4.69) is 0 Å². The van der Waals surface area contributed by atoms with Gasteiger partial charge < -0.3 is 4.74 Å². The molecule has 2 rings (SSSR count). The molecule has 2 aromatic rings. The van der Waals surface area contributed by atoms with E-state index in [4.69, 9.17) is 16.3 Å². The Balaban J connectivity index is 2.86. The number of halogens is 1. The molecule has 0 saturated carbocycles. The number of carbonyl (C=O) groups excluding carboxylic acids is 1. The van der Waals surface area contributed by atoms with Crippen LogP contribution in [0, 0.1) is 6.92 Å². The molecule has 15 heavy (non-hydrogen) atoms. The predicted octanol–water partition coefficient (Wildman–Crippen LogP) is 3.68. The largest absolute Gasteiger partial charge is 0.497 e. The van der Waals surface area contributed by atoms with Crippen molar-refractivity contribution in [1.82, 2.24) is 0 Å². The monoisotopic (exact) mass is 240 g/mol. The summed E-state index contributed by atoms with van der Waals surface area (Å²) in [5.41, 5.74) is 1.63. The Kier molecular flexibility index (Phi) is 2.67. The van der Waals surface area contributed by atoms with Gasteiger partial charge in [0.05, 0.1) is 12.7 Å². The first-order valence-corrected chi connectivity index (χ1v) is 5.58. The Morgan fingerprint density at radius 1 is 1.47 bits per heavy atom. The van der Waals surface area contributed by atoms with Crippen molar-refractivity contribution in [3.8, 4) is 5.75 Å². The van der Waals surface area contributed by atoms with Crippen LogP contribution in [0.5, 0.6) is 5.75 Å². The Morgan fingerprint density at radius 3 is 2.80 bits per heavy atom. The molecule has 0 radical (unpaired) electrons. The van der Waals surface area contributed by atoms with Crippen LogP contribution < -0.4 is 4.74 Å². The highest BCUT2D eigenvalue weighted by molar-refractivity contribution is 7.23. The first-order chi connectivity index (χ1) is 7.17. The van der Waals surface area contributed by atoms with E-state index in [0.29, 0.717) is 9.90 Å². The van der Waals surface area contributed by atoms with E-state index in [-0.39, 0.29) is 0 Å². The molecule has 1 heterocycles. The Morgan fingerprint density at radius 2 is 2.20 bits per heavy atom. The van der Waals surface area contributed by atoms with Crippen molar-refractivity contribution in [3.05, 3.63) is 27.6 Å². The SMILES string of the molecule is COc1cc(C)c2sc(Cl)c(C=O)c2c1. The molecule has 0 saturated heterocycles. The maximum atomic E-state index is 10.9. The Labute approximate surface area is 96.4 Å². The maximum absolute atomic E-state index is 10.9. The maximum Gasteiger partial charge on any atom is 0.153 e. The van der Waals surface area contributed by atoms with Gasteiger partial charge in [0, 0.05) is 10.1 Å². The second-order valence-electron chi connectivity index (χ2n) is 3.23. The van der Waals surface area contributed by atoms with Crippen molar-refractivity contribution in [2.45, 2.75) is 6.92 Å². The van der Waals surface area contributed by atoms with E-state index in [1.165, 1.54) is 11.3 Å². The minimum absolute atomic E-state index is 0.538. The number of methoxy groups -OCH3 is 1. The average molecular weight is 241 g/mol. The summed E-state index contributed by atoms with van der Waals surface area (Å²) in [5, 5.41) is 0.872. The van der Waals surface area contributed by atoms with Gasteiger partial charge in [-0.05, 0) is 24.6 Å². The van der Waals surface area contributed by atoms with Crippen LogP contribution in [0.15, 0.2) is 12.1 Å². The van der Waals surface area contributed by atoms with Crippen LogP contribution in [0.4, 0.5) is 0 Å². The number of thiophene rings is 1. The van der Waals surface area contributed by atoms with Crippen LogP contribution in [-0.2, 0) is 0 Å². The molecule has 2 nitrogen and oxygen atoms in total. The molecular formula is C11H9ClO2S. The number of hydrogen-bond donors (Lipinski definition) is 0. The van der Waals surface area contributed by atoms with E-state index < -0.39 is 0 Å². The smallest absolute Gasteiger partial charge is 0.153 e. The fourth-order valence-electron chi connectivity index (χ4n) is 1.55. The summed E-state index contributed by atoms with van der Waals surface area (Å²) >= 11 is 7.41. The third-order valence-corrected chi connectivity index (χ3v) is 3.88. The summed E-state index contributed by atoms with van der Waals surface area (Å²) in [6, 6.07) is 3.78. The molecule has 0 bridgehead atoms. The van der Waals surface area contributed by atoms with Crippen molar-refractivity contribution in [3.63, 3.8) is 0 Å². The van der Waals surface area contributed by atoms with Crippen molar-refractivity contribution < 1.29 is 9.53 Å². The lowest BCUT2D eigenvalue weighted by molar-refractivity contribution is 0.112. The lowest BCUT2D eigenvalue weighted by Gasteiger charge is -2.02. The van der Waals surface area contributed by atoms with Gasteiger partial charge in [0.2, 0.25) is 0 Å². The number of benzene rings is 1. The fraction of sp³-hybridized carbons (Fsp3) is 0.182. The molecule has 0 N–H and O–H groups in total. The molecule has 1 aromatic carbocycles. The number of aldehydes is 1. The number of aryl methyl sites for hydroxylation is 1. The Bertz CT molecular complexity index is 531. The summed E-state index contributed by atoms with van der Waals surface area (Å²) in [4.78, 5) is 10.9. The third kappa shape index (κ3) is 1.62. The van der Waals surface area contributed by atoms with Crippen LogP contribution >= 0.6 is 22.9 Å². The zero-order valence-corrected chi connectivity index (χ0v) is 9.91. The molecule has 0 aliphatic heterocycles. The Hall–Kier alpha value is -1.06. The number of fused-ring (bicyclic) bond motifs is 1. The molecule has 0 aliphatic carbocycles. The van der Waals surface area contributed by atoms with Crippen molar-refractivity contribution in [2.24, 2.45) is 0 Å². The van der Waals surface area contributed by atoms with Gasteiger partial charge in [0.1, 0.15) is 10.1 Å². The first kappa shape index (κ1) is 10.5. The zero-order chi connectivity index (χ0) is 11.0. The molecule has 0 spiro atoms. The molecule has 78 valence electrons. The van der Waals surface area contributed by atoms with Gasteiger partial charge in [-0.2, -0.15) is 0 Å². The lowest BCUT2D eigenvalue weighted by Crippen LogP contribution is -1.85. The van der Waals surface area contributed by atoms with Crippen molar-refractivity contribution in [2.75, 3.05) is 7.11 Å². The quantitative estimate of drug-likeness (QED) is 0.749. The molecular weight excluding hydrogens is 232 g/mol. The normalized spacial score (nSPS) is 10.6. The highest BCUT2D eigenvalue weighted by atomic mass is 35.5. The van der Waals surface area contributed by atoms with E-state index in [9.17, 15) is 4.79 Å². The molecule has 1 aromatic heterocycles. The van der Waals surface area contributed by atoms with Gasteiger partial charge in [-0.1, -0.05) is 11.6 Å². The van der Waals surface area contributed by atoms with Crippen LogP contribution in [-0.4, -0.2) is 13.4 Å². The molecule has 0 aliphatic rings. The third-order valence-electron chi connectivity index (χ3n) is 2.30. The van der Waals surface area contributed by atoms with Gasteiger partial charge in [-0.25, -0.2) is 0 Å². The summed E-state index contributed by atoms with van der Waals surface area (Å²) < 4.78 is 6.74. The minimum atomic E-state index is 0.538. The summed E-state index contributed by atoms with van der Waals surface area (Å²) in [6.45, 7) is 1.98. The van der Waals surface area contributed by atoms with Gasteiger partial charge >= 0.3 is 0 Å². The molecule has 0 fully saturated rings. The fourth-order valence-corrected chi connectivity index (χ4v) is 2.88. The topological polar surface area (TPSA) is 26.3 Å². The van der Waals surface area contributed by atoms with Gasteiger partial charge in [-0.15, -0.1) is 11.3 Å². The van der Waals surface area contributed by atoms with Crippen molar-refractivity contribution in [1.29, 1.82) is 0 Å². The predicted molar refractivity (Wildman–Crippen MR) is 63.5 cm³/mol. The van der Waals surface area contributed by atoms with E-state index >= 15 is 0 Å². The first-order valence-electron chi connectivity index (χ1n) is 4.39. The van der Waals surface area contributed by atoms with Crippen molar-refractivity contribution >= 4 is 39.3 Å². The number of ether oxygens (including phenoxy) is 1. The minimum Gasteiger partial charge on any atom is -0.497 e. The molecule has 0 amide bonds. The van der Waals surface area contributed by atoms with Gasteiger partial charge in [0.25, 0.3) is 0 Å². The van der Waals surface area contributed by atoms with Crippen LogP contribution in [0.25, 0.3) is 10.1 Å². The highest BCUT2D eigenvalue weighted by Gasteiger charge is 2.12. The van der Waals surface area contributed by atoms with E-state index in [1.807, 2.05) is 19.1 Å². The van der Waals surface area contributed by atoms with Crippen LogP contribution in [0.1, 0.15) is 15.9 Å². The number of hydrogen-bond acceptors (Lipinski definition) is 3. The summed E-state index contributed by atoms with van der Waals surface area (Å²) in [7, 11) is 1.61. The summed E-state index contributed by atoms with van der Waals surface area (Å²) in [6.07, 6.45) is 0.792. The van der Waals surface area contributed by atoms with E-state index in [0.717, 1.165) is 27.7 Å². The number of carbonyl (C=O) groups is 1. The van der Waals surface area contributed by atoms with Crippen LogP contribution in [0.2, 0.25) is 4.34 Å². The standard InChI is InChI=1S/C11H9ClO2S/c1-6-3-7(14-2)4-8-9(5-13)11(12)15-10(6)8/h3-5H,1-2H3.